The molecule has 0 amide bonds. The minimum atomic E-state index is -2.25. The maximum absolute atomic E-state index is 13.2. The maximum Gasteiger partial charge on any atom is 1.00 e. The average Bonchev–Trinajstić information content (AvgIpc) is 2.80. The van der Waals surface area contributed by atoms with Crippen LogP contribution in [0.4, 0.5) is 27.6 Å². The van der Waals surface area contributed by atoms with Crippen LogP contribution in [0.25, 0.3) is 0 Å². The van der Waals surface area contributed by atoms with Gasteiger partial charge in [-0.1, -0.05) is 24.3 Å². The zero-order valence-corrected chi connectivity index (χ0v) is 10.1. The molecule has 0 radical (unpaired) electrons. The van der Waals surface area contributed by atoms with Gasteiger partial charge in [0.25, 0.3) is 0 Å². The normalized spacial score (nSPS) is 17.5. The Morgan fingerprint density at radius 2 is 1.45 bits per heavy atom. The molecule has 2 rings (SSSR count). The molecular formula is C12H5F5LiNO. The van der Waals surface area contributed by atoms with Crippen LogP contribution in [0, 0.1) is 29.1 Å². The Labute approximate surface area is 122 Å². The molecule has 0 aromatic heterocycles. The molecule has 1 aliphatic carbocycles. The standard InChI is InChI=1S/C12H5F5NO.Li/c13-7-8(14)10(16)12(11(17)9(7)15)18-4-5-2-1-3-6(5)19;/h1-4,6H;/q-1;+1. The maximum atomic E-state index is 13.2. The number of hydrogen-bond acceptors (Lipinski definition) is 2. The molecule has 0 bridgehead atoms. The van der Waals surface area contributed by atoms with Crippen LogP contribution in [0.15, 0.2) is 28.8 Å². The first-order chi connectivity index (χ1) is 8.93. The molecule has 1 atom stereocenters. The zero-order chi connectivity index (χ0) is 14.2. The quantitative estimate of drug-likeness (QED) is 0.232. The number of nitrogens with zero attached hydrogens (tertiary/aromatic N) is 1. The molecule has 0 fully saturated rings. The van der Waals surface area contributed by atoms with Gasteiger partial charge < -0.3 is 5.11 Å². The molecule has 100 valence electrons. The van der Waals surface area contributed by atoms with Crippen LogP contribution >= 0.6 is 0 Å². The van der Waals surface area contributed by atoms with Crippen LogP contribution in [0.2, 0.25) is 0 Å². The van der Waals surface area contributed by atoms with E-state index >= 15 is 0 Å². The Bertz CT molecular complexity index is 598. The molecule has 1 unspecified atom stereocenters. The summed E-state index contributed by atoms with van der Waals surface area (Å²) in [7, 11) is 0. The van der Waals surface area contributed by atoms with Gasteiger partial charge in [0.1, 0.15) is 5.69 Å². The number of halogens is 5. The van der Waals surface area contributed by atoms with E-state index in [2.05, 4.69) is 4.99 Å². The molecule has 0 saturated carbocycles. The molecular weight excluding hydrogens is 276 g/mol. The van der Waals surface area contributed by atoms with Gasteiger partial charge >= 0.3 is 18.9 Å². The Morgan fingerprint density at radius 1 is 0.950 bits per heavy atom. The summed E-state index contributed by atoms with van der Waals surface area (Å²) >= 11 is 0. The van der Waals surface area contributed by atoms with Gasteiger partial charge in [0, 0.05) is 6.21 Å². The molecule has 0 spiro atoms. The van der Waals surface area contributed by atoms with E-state index in [1.54, 1.807) is 0 Å². The minimum absolute atomic E-state index is 0. The van der Waals surface area contributed by atoms with Crippen molar-refractivity contribution in [2.75, 3.05) is 0 Å². The minimum Gasteiger partial charge on any atom is -0.845 e. The average molecular weight is 281 g/mol. The summed E-state index contributed by atoms with van der Waals surface area (Å²) in [6.07, 6.45) is 3.48. The van der Waals surface area contributed by atoms with Gasteiger partial charge in [0.15, 0.2) is 23.3 Å². The van der Waals surface area contributed by atoms with Gasteiger partial charge in [-0.3, -0.25) is 4.99 Å². The van der Waals surface area contributed by atoms with Crippen molar-refractivity contribution in [3.05, 3.63) is 52.9 Å². The van der Waals surface area contributed by atoms with Crippen LogP contribution < -0.4 is 24.0 Å². The summed E-state index contributed by atoms with van der Waals surface area (Å²) in [6.45, 7) is 0. The summed E-state index contributed by atoms with van der Waals surface area (Å²) in [6, 6.07) is 0. The van der Waals surface area contributed by atoms with Crippen molar-refractivity contribution < 1.29 is 45.9 Å². The third kappa shape index (κ3) is 2.85. The van der Waals surface area contributed by atoms with Crippen LogP contribution in [-0.2, 0) is 0 Å². The molecule has 0 heterocycles. The zero-order valence-electron chi connectivity index (χ0n) is 10.1. The topological polar surface area (TPSA) is 35.4 Å². The first-order valence-electron chi connectivity index (χ1n) is 5.03. The molecule has 2 nitrogen and oxygen atoms in total. The van der Waals surface area contributed by atoms with Gasteiger partial charge in [-0.2, -0.15) is 0 Å². The van der Waals surface area contributed by atoms with Crippen molar-refractivity contribution in [3.63, 3.8) is 0 Å². The first kappa shape index (κ1) is 16.6. The Hall–Kier alpha value is -1.42. The van der Waals surface area contributed by atoms with E-state index in [0.717, 1.165) is 6.21 Å². The molecule has 8 heteroatoms. The van der Waals surface area contributed by atoms with Gasteiger partial charge in [-0.15, -0.1) is 0 Å². The van der Waals surface area contributed by atoms with Crippen molar-refractivity contribution in [2.24, 2.45) is 4.99 Å². The number of aliphatic imine (C=N–C) groups is 1. The second-order valence-corrected chi connectivity index (χ2v) is 3.65. The predicted molar refractivity (Wildman–Crippen MR) is 55.4 cm³/mol. The van der Waals surface area contributed by atoms with E-state index in [1.807, 2.05) is 0 Å². The monoisotopic (exact) mass is 281 g/mol. The molecule has 20 heavy (non-hydrogen) atoms. The van der Waals surface area contributed by atoms with E-state index in [0.29, 0.717) is 0 Å². The van der Waals surface area contributed by atoms with E-state index < -0.39 is 40.9 Å². The third-order valence-corrected chi connectivity index (χ3v) is 2.43. The van der Waals surface area contributed by atoms with Crippen molar-refractivity contribution in [1.82, 2.24) is 0 Å². The van der Waals surface area contributed by atoms with Crippen molar-refractivity contribution in [1.29, 1.82) is 0 Å². The largest absolute Gasteiger partial charge is 1.00 e. The predicted octanol–water partition coefficient (Wildman–Crippen LogP) is -0.687. The van der Waals surface area contributed by atoms with Gasteiger partial charge in [-0.05, 0) is 5.57 Å². The van der Waals surface area contributed by atoms with Gasteiger partial charge in [-0.25, -0.2) is 22.0 Å². The molecule has 0 saturated heterocycles. The molecule has 1 aromatic rings. The van der Waals surface area contributed by atoms with E-state index in [1.165, 1.54) is 18.2 Å². The van der Waals surface area contributed by atoms with E-state index in [4.69, 9.17) is 0 Å². The smallest absolute Gasteiger partial charge is 0.845 e. The summed E-state index contributed by atoms with van der Waals surface area (Å²) in [4.78, 5) is 3.17. The molecule has 1 aromatic carbocycles. The fourth-order valence-corrected chi connectivity index (χ4v) is 1.44. The fraction of sp³-hybridized carbons (Fsp3) is 0.0833. The number of allylic oxidation sites excluding steroid dienone is 2. The van der Waals surface area contributed by atoms with Crippen LogP contribution in [0.1, 0.15) is 0 Å². The van der Waals surface area contributed by atoms with E-state index in [9.17, 15) is 27.1 Å². The second kappa shape index (κ2) is 6.35. The number of benzene rings is 1. The van der Waals surface area contributed by atoms with Gasteiger partial charge in [0.2, 0.25) is 5.82 Å². The third-order valence-electron chi connectivity index (χ3n) is 2.43. The van der Waals surface area contributed by atoms with Crippen LogP contribution in [0.3, 0.4) is 0 Å². The van der Waals surface area contributed by atoms with Crippen molar-refractivity contribution in [2.45, 2.75) is 6.10 Å². The Morgan fingerprint density at radius 3 is 1.90 bits per heavy atom. The second-order valence-electron chi connectivity index (χ2n) is 3.65. The summed E-state index contributed by atoms with van der Waals surface area (Å²) in [5.74, 6) is -10.5. The first-order valence-corrected chi connectivity index (χ1v) is 5.03. The number of hydrogen-bond donors (Lipinski definition) is 0. The van der Waals surface area contributed by atoms with E-state index in [-0.39, 0.29) is 24.4 Å². The molecule has 0 N–H and O–H groups in total. The summed E-state index contributed by atoms with van der Waals surface area (Å²) < 4.78 is 64.9. The van der Waals surface area contributed by atoms with Crippen LogP contribution in [-0.4, -0.2) is 12.3 Å². The van der Waals surface area contributed by atoms with Crippen molar-refractivity contribution in [3.8, 4) is 0 Å². The molecule has 0 aliphatic heterocycles. The van der Waals surface area contributed by atoms with Crippen molar-refractivity contribution >= 4 is 11.9 Å². The number of rotatable bonds is 2. The SMILES string of the molecule is [Li+].[O-]C1C=CC=C1C=Nc1c(F)c(F)c(F)c(F)c1F. The summed E-state index contributed by atoms with van der Waals surface area (Å²) in [5.41, 5.74) is -1.26. The Kier molecular flexibility index (Phi) is 5.28. The summed E-state index contributed by atoms with van der Waals surface area (Å²) in [5, 5.41) is 11.2. The van der Waals surface area contributed by atoms with Gasteiger partial charge in [0.05, 0.1) is 0 Å². The van der Waals surface area contributed by atoms with Crippen LogP contribution in [0.5, 0.6) is 0 Å². The molecule has 1 aliphatic rings. The fourth-order valence-electron chi connectivity index (χ4n) is 1.44. The Balaban J connectivity index is 0.00000200.